The molecule has 0 aliphatic heterocycles. The quantitative estimate of drug-likeness (QED) is 0.733. The Morgan fingerprint density at radius 3 is 2.80 bits per heavy atom. The molecule has 0 spiro atoms. The lowest BCUT2D eigenvalue weighted by Crippen LogP contribution is -2.51. The molecule has 3 N–H and O–H groups in total. The summed E-state index contributed by atoms with van der Waals surface area (Å²) in [5, 5.41) is 11.8. The number of allylic oxidation sites excluding steroid dienone is 1. The van der Waals surface area contributed by atoms with Gasteiger partial charge < -0.3 is 10.5 Å². The number of fused-ring (bicyclic) bond motifs is 1. The maximum absolute atomic E-state index is 12.1. The van der Waals surface area contributed by atoms with Crippen molar-refractivity contribution in [3.05, 3.63) is 54.3 Å². The zero-order chi connectivity index (χ0) is 17.8. The molecule has 1 aromatic carbocycles. The molecule has 0 unspecified atom stereocenters. The average Bonchev–Trinajstić information content (AvgIpc) is 3.05. The van der Waals surface area contributed by atoms with Gasteiger partial charge in [-0.25, -0.2) is 9.97 Å². The number of Topliss-reactive ketones (excluding diaryl/α,β-unsaturated/α-hetero) is 1. The van der Waals surface area contributed by atoms with Crippen molar-refractivity contribution in [2.24, 2.45) is 5.92 Å². The molecule has 0 saturated carbocycles. The van der Waals surface area contributed by atoms with Crippen LogP contribution in [0.5, 0.6) is 5.88 Å². The van der Waals surface area contributed by atoms with Crippen molar-refractivity contribution >= 4 is 27.3 Å². The third-order valence-corrected chi connectivity index (χ3v) is 4.52. The predicted molar refractivity (Wildman–Crippen MR) is 94.5 cm³/mol. The van der Waals surface area contributed by atoms with E-state index >= 15 is 0 Å². The first-order chi connectivity index (χ1) is 12.1. The van der Waals surface area contributed by atoms with Gasteiger partial charge >= 0.3 is 0 Å². The number of hydrogen-bond acceptors (Lipinski definition) is 6. The molecule has 2 aromatic heterocycles. The van der Waals surface area contributed by atoms with Crippen LogP contribution in [-0.2, 0) is 4.79 Å². The molecule has 25 heavy (non-hydrogen) atoms. The molecule has 2 heterocycles. The minimum atomic E-state index is -0.978. The molecular formula is C18H15N4O2S+. The Morgan fingerprint density at radius 1 is 1.36 bits per heavy atom. The van der Waals surface area contributed by atoms with Crippen molar-refractivity contribution in [3.8, 4) is 23.1 Å². The molecule has 0 aliphatic rings. The van der Waals surface area contributed by atoms with Crippen molar-refractivity contribution in [2.75, 3.05) is 6.61 Å². The highest BCUT2D eigenvalue weighted by atomic mass is 32.1. The Labute approximate surface area is 148 Å². The molecule has 3 aromatic rings. The van der Waals surface area contributed by atoms with E-state index in [4.69, 9.17) is 10.00 Å². The molecule has 1 atom stereocenters. The van der Waals surface area contributed by atoms with Gasteiger partial charge in [-0.15, -0.1) is 11.3 Å². The summed E-state index contributed by atoms with van der Waals surface area (Å²) in [6.07, 6.45) is 1.40. The number of benzene rings is 1. The van der Waals surface area contributed by atoms with Crippen LogP contribution in [0.4, 0.5) is 0 Å². The zero-order valence-corrected chi connectivity index (χ0v) is 14.1. The second kappa shape index (κ2) is 7.21. The number of hydrogen-bond donors (Lipinski definition) is 1. The van der Waals surface area contributed by atoms with Crippen molar-refractivity contribution in [1.82, 2.24) is 9.97 Å². The van der Waals surface area contributed by atoms with Crippen molar-refractivity contribution in [3.63, 3.8) is 0 Å². The number of nitriles is 1. The standard InChI is InChI=1S/C18H14N4O2S/c1-11(20)13(7-19)15(23)8-24-17-16-14(12-5-3-2-4-6-12)9-25-18(16)22-10-21-17/h2-6,9-10,13H,1,8,20H2/p+1/t13-/m1/s1. The second-order valence-electron chi connectivity index (χ2n) is 5.35. The van der Waals surface area contributed by atoms with E-state index in [1.54, 1.807) is 0 Å². The molecule has 0 fully saturated rings. The number of carbonyl (C=O) groups excluding carboxylic acids is 1. The number of rotatable bonds is 6. The van der Waals surface area contributed by atoms with Gasteiger partial charge in [0, 0.05) is 10.9 Å². The normalized spacial score (nSPS) is 11.7. The Hall–Kier alpha value is -3.08. The van der Waals surface area contributed by atoms with Gasteiger partial charge in [-0.05, 0) is 12.1 Å². The molecule has 0 aliphatic carbocycles. The first-order valence-corrected chi connectivity index (χ1v) is 8.33. The fourth-order valence-corrected chi connectivity index (χ4v) is 3.31. The van der Waals surface area contributed by atoms with Crippen LogP contribution in [0.1, 0.15) is 0 Å². The number of carbonyl (C=O) groups is 1. The SMILES string of the molecule is C=C([NH3+])[C@@H](C#N)C(=O)COc1ncnc2scc(-c3ccccc3)c12. The highest BCUT2D eigenvalue weighted by molar-refractivity contribution is 7.17. The maximum Gasteiger partial charge on any atom is 0.226 e. The zero-order valence-electron chi connectivity index (χ0n) is 13.3. The summed E-state index contributed by atoms with van der Waals surface area (Å²) in [5.74, 6) is -1.05. The Balaban J connectivity index is 1.92. The lowest BCUT2D eigenvalue weighted by Gasteiger charge is -2.09. The summed E-state index contributed by atoms with van der Waals surface area (Å²) in [6, 6.07) is 11.7. The van der Waals surface area contributed by atoms with Crippen molar-refractivity contribution < 1.29 is 15.3 Å². The highest BCUT2D eigenvalue weighted by Crippen LogP contribution is 2.37. The van der Waals surface area contributed by atoms with Crippen LogP contribution in [0.25, 0.3) is 21.3 Å². The van der Waals surface area contributed by atoms with Gasteiger partial charge in [-0.3, -0.25) is 4.79 Å². The third kappa shape index (κ3) is 3.40. The van der Waals surface area contributed by atoms with E-state index in [0.717, 1.165) is 21.3 Å². The number of ketones is 1. The van der Waals surface area contributed by atoms with E-state index < -0.39 is 11.7 Å². The number of aromatic nitrogens is 2. The molecule has 0 amide bonds. The van der Waals surface area contributed by atoms with E-state index in [9.17, 15) is 4.79 Å². The minimum Gasteiger partial charge on any atom is -0.469 e. The van der Waals surface area contributed by atoms with Crippen LogP contribution in [0.2, 0.25) is 0 Å². The number of thiophene rings is 1. The van der Waals surface area contributed by atoms with Gasteiger partial charge in [0.05, 0.1) is 11.5 Å². The first-order valence-electron chi connectivity index (χ1n) is 7.45. The van der Waals surface area contributed by atoms with Gasteiger partial charge in [0.15, 0.2) is 18.3 Å². The van der Waals surface area contributed by atoms with E-state index in [-0.39, 0.29) is 12.3 Å². The summed E-state index contributed by atoms with van der Waals surface area (Å²) in [6.45, 7) is 3.29. The molecule has 0 bridgehead atoms. The highest BCUT2D eigenvalue weighted by Gasteiger charge is 2.23. The molecule has 0 saturated heterocycles. The van der Waals surface area contributed by atoms with Gasteiger partial charge in [0.25, 0.3) is 0 Å². The van der Waals surface area contributed by atoms with E-state index in [0.29, 0.717) is 5.88 Å². The summed E-state index contributed by atoms with van der Waals surface area (Å²) in [7, 11) is 0. The molecule has 0 radical (unpaired) electrons. The summed E-state index contributed by atoms with van der Waals surface area (Å²) in [5.41, 5.74) is 5.78. The van der Waals surface area contributed by atoms with Crippen molar-refractivity contribution in [1.29, 1.82) is 5.26 Å². The summed E-state index contributed by atoms with van der Waals surface area (Å²) in [4.78, 5) is 21.3. The molecule has 3 rings (SSSR count). The van der Waals surface area contributed by atoms with Crippen LogP contribution in [0.3, 0.4) is 0 Å². The summed E-state index contributed by atoms with van der Waals surface area (Å²) < 4.78 is 5.62. The monoisotopic (exact) mass is 351 g/mol. The van der Waals surface area contributed by atoms with Gasteiger partial charge in [0.2, 0.25) is 5.88 Å². The third-order valence-electron chi connectivity index (χ3n) is 3.63. The summed E-state index contributed by atoms with van der Waals surface area (Å²) >= 11 is 1.48. The average molecular weight is 351 g/mol. The molecule has 7 heteroatoms. The number of nitrogens with zero attached hydrogens (tertiary/aromatic N) is 3. The first kappa shape index (κ1) is 16.8. The molecular weight excluding hydrogens is 336 g/mol. The Morgan fingerprint density at radius 2 is 2.12 bits per heavy atom. The Kier molecular flexibility index (Phi) is 4.84. The maximum atomic E-state index is 12.1. The van der Waals surface area contributed by atoms with E-state index in [2.05, 4.69) is 22.3 Å². The van der Waals surface area contributed by atoms with Crippen LogP contribution in [0.15, 0.2) is 54.3 Å². The van der Waals surface area contributed by atoms with Crippen molar-refractivity contribution in [2.45, 2.75) is 0 Å². The van der Waals surface area contributed by atoms with Crippen LogP contribution < -0.4 is 10.5 Å². The lowest BCUT2D eigenvalue weighted by molar-refractivity contribution is -0.309. The number of ether oxygens (including phenoxy) is 1. The smallest absolute Gasteiger partial charge is 0.226 e. The molecule has 6 nitrogen and oxygen atoms in total. The predicted octanol–water partition coefficient (Wildman–Crippen LogP) is 2.20. The van der Waals surface area contributed by atoms with E-state index in [1.807, 2.05) is 41.8 Å². The van der Waals surface area contributed by atoms with Gasteiger partial charge in [0.1, 0.15) is 16.9 Å². The molecule has 124 valence electrons. The minimum absolute atomic E-state index is 0.254. The topological polar surface area (TPSA) is 104 Å². The largest absolute Gasteiger partial charge is 0.469 e. The number of quaternary nitrogens is 1. The lowest BCUT2D eigenvalue weighted by atomic mass is 10.0. The fraction of sp³-hybridized carbons (Fsp3) is 0.111. The van der Waals surface area contributed by atoms with E-state index in [1.165, 1.54) is 17.7 Å². The second-order valence-corrected chi connectivity index (χ2v) is 6.21. The van der Waals surface area contributed by atoms with Gasteiger partial charge in [-0.1, -0.05) is 30.3 Å². The van der Waals surface area contributed by atoms with Crippen LogP contribution >= 0.6 is 11.3 Å². The van der Waals surface area contributed by atoms with Crippen LogP contribution in [0, 0.1) is 17.2 Å². The van der Waals surface area contributed by atoms with Crippen LogP contribution in [-0.4, -0.2) is 22.4 Å². The Bertz CT molecular complexity index is 976. The van der Waals surface area contributed by atoms with Gasteiger partial charge in [-0.2, -0.15) is 5.26 Å². The fourth-order valence-electron chi connectivity index (χ4n) is 2.40.